The van der Waals surface area contributed by atoms with E-state index < -0.39 is 30.3 Å². The van der Waals surface area contributed by atoms with E-state index in [1.165, 1.54) is 0 Å². The fraction of sp³-hybridized carbons (Fsp3) is 0.833. The maximum atomic E-state index is 11.8. The van der Waals surface area contributed by atoms with Crippen LogP contribution in [0.25, 0.3) is 0 Å². The molecule has 9 heteroatoms. The monoisotopic (exact) mass is 312 g/mol. The van der Waals surface area contributed by atoms with E-state index in [0.717, 1.165) is 6.42 Å². The van der Waals surface area contributed by atoms with Crippen LogP contribution in [-0.2, 0) is 9.53 Å². The van der Waals surface area contributed by atoms with Gasteiger partial charge in [-0.15, -0.1) is 0 Å². The largest absolute Gasteiger partial charge is 0.480 e. The number of carbonyl (C=O) groups is 2. The van der Waals surface area contributed by atoms with Gasteiger partial charge in [-0.2, -0.15) is 13.2 Å². The summed E-state index contributed by atoms with van der Waals surface area (Å²) in [5.74, 6) is -1.09. The Morgan fingerprint density at radius 2 is 1.81 bits per heavy atom. The molecule has 0 saturated heterocycles. The molecule has 1 rings (SSSR count). The smallest absolute Gasteiger partial charge is 0.411 e. The van der Waals surface area contributed by atoms with Crippen molar-refractivity contribution in [3.63, 3.8) is 0 Å². The van der Waals surface area contributed by atoms with Gasteiger partial charge in [0.1, 0.15) is 12.1 Å². The van der Waals surface area contributed by atoms with Gasteiger partial charge in [-0.3, -0.25) is 0 Å². The first-order chi connectivity index (χ1) is 9.75. The molecule has 0 aromatic carbocycles. The fourth-order valence-corrected chi connectivity index (χ4v) is 2.23. The Bertz CT molecular complexity index is 368. The molecule has 0 unspecified atom stereocenters. The normalized spacial score (nSPS) is 18.0. The minimum absolute atomic E-state index is 0.127. The lowest BCUT2D eigenvalue weighted by Crippen LogP contribution is -2.58. The molecular weight excluding hydrogens is 293 g/mol. The Hall–Kier alpha value is -1.51. The molecule has 1 saturated carbocycles. The summed E-state index contributed by atoms with van der Waals surface area (Å²) in [4.78, 5) is 22.9. The van der Waals surface area contributed by atoms with E-state index in [4.69, 9.17) is 0 Å². The molecule has 0 radical (unpaired) electrons. The summed E-state index contributed by atoms with van der Waals surface area (Å²) in [5, 5.41) is 13.9. The Balaban J connectivity index is 2.30. The Morgan fingerprint density at radius 3 is 2.33 bits per heavy atom. The number of urea groups is 1. The van der Waals surface area contributed by atoms with Gasteiger partial charge in [0.05, 0.1) is 6.61 Å². The number of nitrogens with one attached hydrogen (secondary N) is 2. The van der Waals surface area contributed by atoms with Crippen LogP contribution >= 0.6 is 0 Å². The number of alkyl halides is 3. The van der Waals surface area contributed by atoms with E-state index in [1.807, 2.05) is 0 Å². The second kappa shape index (κ2) is 7.48. The number of hydrogen-bond donors (Lipinski definition) is 3. The quantitative estimate of drug-likeness (QED) is 0.651. The van der Waals surface area contributed by atoms with Gasteiger partial charge in [0, 0.05) is 6.54 Å². The molecule has 122 valence electrons. The van der Waals surface area contributed by atoms with Gasteiger partial charge in [0.15, 0.2) is 0 Å². The van der Waals surface area contributed by atoms with Gasteiger partial charge in [-0.1, -0.05) is 19.3 Å². The zero-order chi connectivity index (χ0) is 15.9. The number of carboxylic acid groups (broad SMARTS) is 1. The highest BCUT2D eigenvalue weighted by atomic mass is 19.4. The third-order valence-corrected chi connectivity index (χ3v) is 3.27. The minimum Gasteiger partial charge on any atom is -0.480 e. The van der Waals surface area contributed by atoms with E-state index in [2.05, 4.69) is 15.4 Å². The van der Waals surface area contributed by atoms with Crippen LogP contribution in [-0.4, -0.2) is 48.6 Å². The lowest BCUT2D eigenvalue weighted by Gasteiger charge is -2.33. The van der Waals surface area contributed by atoms with Crippen molar-refractivity contribution in [3.05, 3.63) is 0 Å². The summed E-state index contributed by atoms with van der Waals surface area (Å²) in [6.45, 7) is -1.81. The van der Waals surface area contributed by atoms with Crippen molar-refractivity contribution in [2.45, 2.75) is 43.8 Å². The molecule has 3 N–H and O–H groups in total. The zero-order valence-corrected chi connectivity index (χ0v) is 11.5. The highest BCUT2D eigenvalue weighted by Crippen LogP contribution is 2.28. The van der Waals surface area contributed by atoms with Crippen molar-refractivity contribution in [2.24, 2.45) is 0 Å². The van der Waals surface area contributed by atoms with Gasteiger partial charge in [-0.05, 0) is 12.8 Å². The number of aliphatic carboxylic acids is 1. The minimum atomic E-state index is -4.41. The molecule has 0 heterocycles. The van der Waals surface area contributed by atoms with E-state index in [9.17, 15) is 27.9 Å². The molecule has 0 aliphatic heterocycles. The van der Waals surface area contributed by atoms with Crippen molar-refractivity contribution in [3.8, 4) is 0 Å². The summed E-state index contributed by atoms with van der Waals surface area (Å²) < 4.78 is 39.7. The first-order valence-corrected chi connectivity index (χ1v) is 6.69. The average molecular weight is 312 g/mol. The third-order valence-electron chi connectivity index (χ3n) is 3.27. The predicted molar refractivity (Wildman–Crippen MR) is 66.9 cm³/mol. The maximum Gasteiger partial charge on any atom is 0.411 e. The average Bonchev–Trinajstić information content (AvgIpc) is 2.37. The van der Waals surface area contributed by atoms with Crippen LogP contribution in [0.1, 0.15) is 32.1 Å². The molecule has 21 heavy (non-hydrogen) atoms. The second-order valence-corrected chi connectivity index (χ2v) is 5.00. The highest BCUT2D eigenvalue weighted by molar-refractivity contribution is 5.86. The number of amides is 2. The van der Waals surface area contributed by atoms with E-state index >= 15 is 0 Å². The summed E-state index contributed by atoms with van der Waals surface area (Å²) in [5.41, 5.74) is -1.28. The number of hydrogen-bond acceptors (Lipinski definition) is 3. The highest BCUT2D eigenvalue weighted by Gasteiger charge is 2.40. The molecule has 1 fully saturated rings. The van der Waals surface area contributed by atoms with Crippen molar-refractivity contribution in [1.29, 1.82) is 0 Å². The molecule has 0 aromatic rings. The zero-order valence-electron chi connectivity index (χ0n) is 11.5. The summed E-state index contributed by atoms with van der Waals surface area (Å²) in [6.07, 6.45) is -1.37. The molecule has 0 atom stereocenters. The molecule has 2 amide bonds. The standard InChI is InChI=1S/C12H19F3N2O4/c13-12(14,15)8-21-7-6-16-10(20)17-11(9(18)19)4-2-1-3-5-11/h1-8H2,(H,18,19)(H2,16,17,20). The molecule has 6 nitrogen and oxygen atoms in total. The van der Waals surface area contributed by atoms with Crippen LogP contribution in [0.3, 0.4) is 0 Å². The number of ether oxygens (including phenoxy) is 1. The van der Waals surface area contributed by atoms with Crippen molar-refractivity contribution >= 4 is 12.0 Å². The fourth-order valence-electron chi connectivity index (χ4n) is 2.23. The molecule has 1 aliphatic carbocycles. The predicted octanol–water partition coefficient (Wildman–Crippen LogP) is 1.65. The lowest BCUT2D eigenvalue weighted by molar-refractivity contribution is -0.173. The maximum absolute atomic E-state index is 11.8. The number of carboxylic acids is 1. The molecule has 0 aromatic heterocycles. The molecular formula is C12H19F3N2O4. The van der Waals surface area contributed by atoms with Gasteiger partial charge in [-0.25, -0.2) is 9.59 Å². The van der Waals surface area contributed by atoms with Gasteiger partial charge in [0.25, 0.3) is 0 Å². The molecule has 0 bridgehead atoms. The first kappa shape index (κ1) is 17.5. The summed E-state index contributed by atoms with van der Waals surface area (Å²) in [7, 11) is 0. The number of rotatable bonds is 6. The van der Waals surface area contributed by atoms with Gasteiger partial charge >= 0.3 is 18.2 Å². The van der Waals surface area contributed by atoms with Crippen LogP contribution in [0, 0.1) is 0 Å². The van der Waals surface area contributed by atoms with Crippen LogP contribution in [0.2, 0.25) is 0 Å². The molecule has 1 aliphatic rings. The van der Waals surface area contributed by atoms with E-state index in [-0.39, 0.29) is 13.2 Å². The van der Waals surface area contributed by atoms with Crippen LogP contribution in [0.5, 0.6) is 0 Å². The van der Waals surface area contributed by atoms with Crippen molar-refractivity contribution < 1.29 is 32.6 Å². The van der Waals surface area contributed by atoms with Crippen LogP contribution in [0.15, 0.2) is 0 Å². The van der Waals surface area contributed by atoms with Crippen molar-refractivity contribution in [1.82, 2.24) is 10.6 Å². The SMILES string of the molecule is O=C(NCCOCC(F)(F)F)NC1(C(=O)O)CCCCC1. The molecule has 0 spiro atoms. The Kier molecular flexibility index (Phi) is 6.25. The number of carbonyl (C=O) groups excluding carboxylic acids is 1. The lowest BCUT2D eigenvalue weighted by atomic mass is 9.82. The van der Waals surface area contributed by atoms with Gasteiger partial charge in [0.2, 0.25) is 0 Å². The summed E-state index contributed by atoms with van der Waals surface area (Å²) in [6, 6.07) is -0.713. The topological polar surface area (TPSA) is 87.7 Å². The second-order valence-electron chi connectivity index (χ2n) is 5.00. The first-order valence-electron chi connectivity index (χ1n) is 6.69. The Labute approximate surface area is 120 Å². The van der Waals surface area contributed by atoms with Crippen LogP contribution in [0.4, 0.5) is 18.0 Å². The Morgan fingerprint density at radius 1 is 1.19 bits per heavy atom. The number of halogens is 3. The summed E-state index contributed by atoms with van der Waals surface area (Å²) >= 11 is 0. The van der Waals surface area contributed by atoms with E-state index in [1.54, 1.807) is 0 Å². The van der Waals surface area contributed by atoms with E-state index in [0.29, 0.717) is 25.7 Å². The third kappa shape index (κ3) is 6.19. The van der Waals surface area contributed by atoms with Gasteiger partial charge < -0.3 is 20.5 Å². The van der Waals surface area contributed by atoms with Crippen LogP contribution < -0.4 is 10.6 Å². The van der Waals surface area contributed by atoms with Crippen molar-refractivity contribution in [2.75, 3.05) is 19.8 Å².